The number of rotatable bonds is 3. The zero-order valence-electron chi connectivity index (χ0n) is 17.5. The van der Waals surface area contributed by atoms with Crippen LogP contribution in [0.2, 0.25) is 0 Å². The van der Waals surface area contributed by atoms with Gasteiger partial charge in [0.1, 0.15) is 11.7 Å². The van der Waals surface area contributed by atoms with Crippen LogP contribution in [0.4, 0.5) is 0 Å². The lowest BCUT2D eigenvalue weighted by molar-refractivity contribution is -0.140. The first-order valence-corrected chi connectivity index (χ1v) is 10.1. The molecule has 0 bridgehead atoms. The minimum absolute atomic E-state index is 0.00533. The van der Waals surface area contributed by atoms with E-state index in [9.17, 15) is 9.59 Å². The molecule has 0 spiro atoms. The smallest absolute Gasteiger partial charge is 0.271 e. The van der Waals surface area contributed by atoms with Gasteiger partial charge in [-0.25, -0.2) is 0 Å². The van der Waals surface area contributed by atoms with Crippen LogP contribution in [0, 0.1) is 20.8 Å². The SMILES string of the molecule is Cc1cc(C)c2[nH]c(C(=O)N3CCN(Cc4ccccc4)C(=O)C3C)c(C)c2c1. The summed E-state index contributed by atoms with van der Waals surface area (Å²) in [5.74, 6) is -0.106. The second-order valence-electron chi connectivity index (χ2n) is 8.05. The van der Waals surface area contributed by atoms with Crippen molar-refractivity contribution >= 4 is 22.7 Å². The van der Waals surface area contributed by atoms with Gasteiger partial charge in [-0.15, -0.1) is 0 Å². The first-order valence-electron chi connectivity index (χ1n) is 10.1. The minimum Gasteiger partial charge on any atom is -0.350 e. The maximum absolute atomic E-state index is 13.3. The zero-order chi connectivity index (χ0) is 20.7. The van der Waals surface area contributed by atoms with E-state index in [1.54, 1.807) is 4.90 Å². The van der Waals surface area contributed by atoms with Crippen molar-refractivity contribution < 1.29 is 9.59 Å². The van der Waals surface area contributed by atoms with Crippen molar-refractivity contribution in [2.75, 3.05) is 13.1 Å². The summed E-state index contributed by atoms with van der Waals surface area (Å²) in [5.41, 5.74) is 5.93. The highest BCUT2D eigenvalue weighted by atomic mass is 16.2. The van der Waals surface area contributed by atoms with Gasteiger partial charge in [0.15, 0.2) is 0 Å². The minimum atomic E-state index is -0.478. The molecule has 1 saturated heterocycles. The van der Waals surface area contributed by atoms with Gasteiger partial charge >= 0.3 is 0 Å². The highest BCUT2D eigenvalue weighted by Crippen LogP contribution is 2.28. The molecule has 150 valence electrons. The van der Waals surface area contributed by atoms with Crippen LogP contribution in [-0.4, -0.2) is 45.7 Å². The van der Waals surface area contributed by atoms with Crippen molar-refractivity contribution in [3.63, 3.8) is 0 Å². The van der Waals surface area contributed by atoms with Crippen molar-refractivity contribution in [2.45, 2.75) is 40.3 Å². The van der Waals surface area contributed by atoms with E-state index in [4.69, 9.17) is 0 Å². The van der Waals surface area contributed by atoms with Crippen molar-refractivity contribution in [3.05, 3.63) is 70.4 Å². The molecule has 0 radical (unpaired) electrons. The average Bonchev–Trinajstić information content (AvgIpc) is 3.03. The highest BCUT2D eigenvalue weighted by Gasteiger charge is 2.35. The first kappa shape index (κ1) is 19.2. The maximum atomic E-state index is 13.3. The quantitative estimate of drug-likeness (QED) is 0.737. The van der Waals surface area contributed by atoms with Gasteiger partial charge in [0.2, 0.25) is 5.91 Å². The third-order valence-electron chi connectivity index (χ3n) is 5.95. The molecule has 5 nitrogen and oxygen atoms in total. The summed E-state index contributed by atoms with van der Waals surface area (Å²) < 4.78 is 0. The largest absolute Gasteiger partial charge is 0.350 e. The van der Waals surface area contributed by atoms with Gasteiger partial charge in [0.05, 0.1) is 0 Å². The third-order valence-corrected chi connectivity index (χ3v) is 5.95. The Balaban J connectivity index is 1.57. The zero-order valence-corrected chi connectivity index (χ0v) is 17.5. The number of nitrogens with zero attached hydrogens (tertiary/aromatic N) is 2. The summed E-state index contributed by atoms with van der Waals surface area (Å²) in [6.45, 7) is 9.57. The second kappa shape index (κ2) is 7.39. The number of nitrogens with one attached hydrogen (secondary N) is 1. The number of benzene rings is 2. The Morgan fingerprint density at radius 1 is 1.10 bits per heavy atom. The summed E-state index contributed by atoms with van der Waals surface area (Å²) in [7, 11) is 0. The number of carbonyl (C=O) groups excluding carboxylic acids is 2. The van der Waals surface area contributed by atoms with Crippen LogP contribution >= 0.6 is 0 Å². The predicted octanol–water partition coefficient (Wildman–Crippen LogP) is 3.97. The Labute approximate surface area is 171 Å². The van der Waals surface area contributed by atoms with Crippen molar-refractivity contribution in [2.24, 2.45) is 0 Å². The van der Waals surface area contributed by atoms with Gasteiger partial charge in [-0.3, -0.25) is 9.59 Å². The number of hydrogen-bond acceptors (Lipinski definition) is 2. The molecule has 1 aromatic heterocycles. The summed E-state index contributed by atoms with van der Waals surface area (Å²) in [6, 6.07) is 13.7. The lowest BCUT2D eigenvalue weighted by Crippen LogP contribution is -2.57. The van der Waals surface area contributed by atoms with E-state index in [1.165, 1.54) is 5.56 Å². The Morgan fingerprint density at radius 2 is 1.83 bits per heavy atom. The van der Waals surface area contributed by atoms with Crippen LogP contribution in [0.3, 0.4) is 0 Å². The summed E-state index contributed by atoms with van der Waals surface area (Å²) in [6.07, 6.45) is 0. The molecule has 1 unspecified atom stereocenters. The van der Waals surface area contributed by atoms with Crippen LogP contribution in [0.25, 0.3) is 10.9 Å². The maximum Gasteiger partial charge on any atom is 0.271 e. The monoisotopic (exact) mass is 389 g/mol. The fourth-order valence-electron chi connectivity index (χ4n) is 4.31. The molecule has 4 rings (SSSR count). The number of aromatic amines is 1. The second-order valence-corrected chi connectivity index (χ2v) is 8.05. The molecule has 1 fully saturated rings. The van der Waals surface area contributed by atoms with Crippen molar-refractivity contribution in [1.82, 2.24) is 14.8 Å². The molecule has 2 amide bonds. The lowest BCUT2D eigenvalue weighted by Gasteiger charge is -2.39. The number of hydrogen-bond donors (Lipinski definition) is 1. The van der Waals surface area contributed by atoms with Crippen molar-refractivity contribution in [1.29, 1.82) is 0 Å². The predicted molar refractivity (Wildman–Crippen MR) is 115 cm³/mol. The molecule has 29 heavy (non-hydrogen) atoms. The molecule has 0 saturated carbocycles. The van der Waals surface area contributed by atoms with E-state index in [1.807, 2.05) is 56.0 Å². The number of aromatic nitrogens is 1. The highest BCUT2D eigenvalue weighted by molar-refractivity contribution is 6.03. The fraction of sp³-hybridized carbons (Fsp3) is 0.333. The molecule has 1 aliphatic heterocycles. The van der Waals surface area contributed by atoms with E-state index in [0.29, 0.717) is 25.3 Å². The van der Waals surface area contributed by atoms with E-state index in [-0.39, 0.29) is 11.8 Å². The van der Waals surface area contributed by atoms with Gasteiger partial charge in [0, 0.05) is 30.5 Å². The first-order chi connectivity index (χ1) is 13.9. The molecule has 2 aromatic carbocycles. The molecule has 5 heteroatoms. The van der Waals surface area contributed by atoms with E-state index >= 15 is 0 Å². The Hall–Kier alpha value is -3.08. The molecule has 3 aromatic rings. The van der Waals surface area contributed by atoms with Crippen LogP contribution in [-0.2, 0) is 11.3 Å². The number of H-pyrrole nitrogens is 1. The summed E-state index contributed by atoms with van der Waals surface area (Å²) >= 11 is 0. The van der Waals surface area contributed by atoms with Gasteiger partial charge in [-0.05, 0) is 50.5 Å². The number of aryl methyl sites for hydroxylation is 3. The standard InChI is InChI=1S/C24H27N3O2/c1-15-12-16(2)21-20(13-15)17(3)22(25-21)24(29)27-11-10-26(23(28)18(27)4)14-19-8-6-5-7-9-19/h5-9,12-13,18,25H,10-11,14H2,1-4H3. The van der Waals surface area contributed by atoms with Crippen LogP contribution < -0.4 is 0 Å². The molecule has 1 atom stereocenters. The number of fused-ring (bicyclic) bond motifs is 1. The van der Waals surface area contributed by atoms with Crippen LogP contribution in [0.1, 0.15) is 39.7 Å². The van der Waals surface area contributed by atoms with Gasteiger partial charge < -0.3 is 14.8 Å². The molecule has 1 N–H and O–H groups in total. The van der Waals surface area contributed by atoms with Crippen molar-refractivity contribution in [3.8, 4) is 0 Å². The van der Waals surface area contributed by atoms with E-state index in [2.05, 4.69) is 24.0 Å². The molecule has 2 heterocycles. The Kier molecular flexibility index (Phi) is 4.91. The molecule has 1 aliphatic rings. The van der Waals surface area contributed by atoms with Crippen LogP contribution in [0.5, 0.6) is 0 Å². The Bertz CT molecular complexity index is 1080. The normalized spacial score (nSPS) is 17.2. The molecular weight excluding hydrogens is 362 g/mol. The summed E-state index contributed by atoms with van der Waals surface area (Å²) in [4.78, 5) is 33.2. The van der Waals surface area contributed by atoms with Gasteiger partial charge in [-0.1, -0.05) is 42.0 Å². The number of amides is 2. The summed E-state index contributed by atoms with van der Waals surface area (Å²) in [5, 5.41) is 1.08. The molecular formula is C24H27N3O2. The van der Waals surface area contributed by atoms with E-state index < -0.39 is 6.04 Å². The van der Waals surface area contributed by atoms with Crippen LogP contribution in [0.15, 0.2) is 42.5 Å². The van der Waals surface area contributed by atoms with Gasteiger partial charge in [0.25, 0.3) is 5.91 Å². The Morgan fingerprint density at radius 3 is 2.55 bits per heavy atom. The lowest BCUT2D eigenvalue weighted by atomic mass is 10.0. The average molecular weight is 389 g/mol. The topological polar surface area (TPSA) is 56.4 Å². The number of carbonyl (C=O) groups is 2. The van der Waals surface area contributed by atoms with Gasteiger partial charge in [-0.2, -0.15) is 0 Å². The number of piperazine rings is 1. The molecule has 0 aliphatic carbocycles. The third kappa shape index (κ3) is 3.41. The van der Waals surface area contributed by atoms with E-state index in [0.717, 1.165) is 27.6 Å². The fourth-order valence-corrected chi connectivity index (χ4v) is 4.31.